The van der Waals surface area contributed by atoms with Crippen LogP contribution in [0.2, 0.25) is 0 Å². The Morgan fingerprint density at radius 3 is 2.41 bits per heavy atom. The molecule has 2 aromatic rings. The van der Waals surface area contributed by atoms with Crippen molar-refractivity contribution in [3.05, 3.63) is 71.8 Å². The molecule has 7 nitrogen and oxygen atoms in total. The summed E-state index contributed by atoms with van der Waals surface area (Å²) in [7, 11) is 0. The summed E-state index contributed by atoms with van der Waals surface area (Å²) in [4.78, 5) is 12.3. The summed E-state index contributed by atoms with van der Waals surface area (Å²) >= 11 is 0. The molecule has 0 bridgehead atoms. The fourth-order valence-corrected chi connectivity index (χ4v) is 3.61. The number of esters is 1. The fraction of sp³-hybridized carbons (Fsp3) is 0.409. The van der Waals surface area contributed by atoms with Gasteiger partial charge in [-0.05, 0) is 31.5 Å². The Bertz CT molecular complexity index is 843. The number of rotatable bonds is 6. The van der Waals surface area contributed by atoms with Crippen molar-refractivity contribution in [1.82, 2.24) is 5.32 Å². The predicted molar refractivity (Wildman–Crippen MR) is 104 cm³/mol. The van der Waals surface area contributed by atoms with E-state index in [1.165, 1.54) is 0 Å². The molecule has 0 aliphatic carbocycles. The van der Waals surface area contributed by atoms with Gasteiger partial charge in [-0.3, -0.25) is 5.32 Å². The van der Waals surface area contributed by atoms with Gasteiger partial charge in [0.25, 0.3) is 0 Å². The van der Waals surface area contributed by atoms with Gasteiger partial charge < -0.3 is 24.1 Å². The molecule has 2 aliphatic rings. The maximum absolute atomic E-state index is 12.3. The molecule has 0 aromatic heterocycles. The van der Waals surface area contributed by atoms with Crippen molar-refractivity contribution in [2.75, 3.05) is 6.61 Å². The number of aliphatic hydroxyl groups is 1. The zero-order valence-corrected chi connectivity index (χ0v) is 16.4. The van der Waals surface area contributed by atoms with Gasteiger partial charge in [-0.1, -0.05) is 48.5 Å². The minimum Gasteiger partial charge on any atom is -0.459 e. The van der Waals surface area contributed by atoms with Gasteiger partial charge in [0.05, 0.1) is 5.56 Å². The Labute approximate surface area is 169 Å². The lowest BCUT2D eigenvalue weighted by atomic mass is 10.0. The molecule has 2 fully saturated rings. The van der Waals surface area contributed by atoms with E-state index in [2.05, 4.69) is 5.32 Å². The molecule has 0 radical (unpaired) electrons. The quantitative estimate of drug-likeness (QED) is 0.569. The molecule has 4 rings (SSSR count). The van der Waals surface area contributed by atoms with Crippen LogP contribution in [0.4, 0.5) is 0 Å². The zero-order chi connectivity index (χ0) is 20.5. The van der Waals surface area contributed by atoms with Gasteiger partial charge >= 0.3 is 5.97 Å². The summed E-state index contributed by atoms with van der Waals surface area (Å²) in [6, 6.07) is 18.3. The molecular weight excluding hydrogens is 374 g/mol. The maximum atomic E-state index is 12.3. The second-order valence-electron chi connectivity index (χ2n) is 7.68. The minimum absolute atomic E-state index is 0.147. The number of hydrogen-bond donors (Lipinski definition) is 2. The average Bonchev–Trinajstić information content (AvgIpc) is 3.16. The van der Waals surface area contributed by atoms with Gasteiger partial charge in [-0.25, -0.2) is 4.79 Å². The number of benzene rings is 2. The molecule has 2 saturated heterocycles. The van der Waals surface area contributed by atoms with Crippen LogP contribution in [-0.2, 0) is 25.5 Å². The number of hydrogen-bond acceptors (Lipinski definition) is 7. The number of ether oxygens (including phenoxy) is 4. The van der Waals surface area contributed by atoms with Crippen LogP contribution in [0, 0.1) is 0 Å². The molecule has 2 unspecified atom stereocenters. The van der Waals surface area contributed by atoms with Crippen molar-refractivity contribution in [3.63, 3.8) is 0 Å². The predicted octanol–water partition coefficient (Wildman–Crippen LogP) is 2.20. The Hall–Kier alpha value is -2.29. The first-order chi connectivity index (χ1) is 13.9. The molecule has 2 aromatic carbocycles. The normalized spacial score (nSPS) is 30.1. The number of nitrogens with one attached hydrogen (secondary N) is 1. The highest BCUT2D eigenvalue weighted by molar-refractivity contribution is 5.89. The highest BCUT2D eigenvalue weighted by atomic mass is 16.8. The van der Waals surface area contributed by atoms with Crippen molar-refractivity contribution >= 4 is 5.97 Å². The fourth-order valence-electron chi connectivity index (χ4n) is 3.61. The molecule has 2 N–H and O–H groups in total. The number of carbonyl (C=O) groups is 1. The molecule has 2 aliphatic heterocycles. The Kier molecular flexibility index (Phi) is 5.42. The maximum Gasteiger partial charge on any atom is 0.338 e. The Morgan fingerprint density at radius 1 is 1.07 bits per heavy atom. The molecule has 0 spiro atoms. The highest BCUT2D eigenvalue weighted by Crippen LogP contribution is 2.42. The Morgan fingerprint density at radius 2 is 1.72 bits per heavy atom. The van der Waals surface area contributed by atoms with Crippen LogP contribution in [0.5, 0.6) is 0 Å². The van der Waals surface area contributed by atoms with E-state index in [4.69, 9.17) is 18.9 Å². The first-order valence-electron chi connectivity index (χ1n) is 9.62. The van der Waals surface area contributed by atoms with Gasteiger partial charge in [-0.2, -0.15) is 0 Å². The zero-order valence-electron chi connectivity index (χ0n) is 16.4. The number of carbonyl (C=O) groups excluding carboxylic acids is 1. The van der Waals surface area contributed by atoms with Crippen molar-refractivity contribution in [1.29, 1.82) is 0 Å². The first kappa shape index (κ1) is 20.0. The lowest BCUT2D eigenvalue weighted by molar-refractivity contribution is -0.238. The Balaban J connectivity index is 1.48. The standard InChI is InChI=1S/C22H25NO6/c1-21(2)28-18-20(29-21)27-17(14-26-19(24)16-11-7-4-8-12-16)22(18,25)23-13-15-9-5-3-6-10-15/h3-12,17-18,20,23,25H,13-14H2,1-2H3/t17-,18?,20-,22?/m1/s1. The van der Waals surface area contributed by atoms with Crippen LogP contribution >= 0.6 is 0 Å². The lowest BCUT2D eigenvalue weighted by Gasteiger charge is -2.34. The van der Waals surface area contributed by atoms with Crippen LogP contribution < -0.4 is 5.32 Å². The molecule has 0 saturated carbocycles. The summed E-state index contributed by atoms with van der Waals surface area (Å²) < 4.78 is 22.9. The smallest absolute Gasteiger partial charge is 0.338 e. The van der Waals surface area contributed by atoms with E-state index in [9.17, 15) is 9.90 Å². The van der Waals surface area contributed by atoms with Crippen molar-refractivity contribution in [2.24, 2.45) is 0 Å². The third-order valence-electron chi connectivity index (χ3n) is 5.07. The van der Waals surface area contributed by atoms with Crippen LogP contribution in [0.1, 0.15) is 29.8 Å². The van der Waals surface area contributed by atoms with Gasteiger partial charge in [-0.15, -0.1) is 0 Å². The van der Waals surface area contributed by atoms with Gasteiger partial charge in [0.1, 0.15) is 12.7 Å². The van der Waals surface area contributed by atoms with E-state index in [0.29, 0.717) is 12.1 Å². The molecular formula is C22H25NO6. The van der Waals surface area contributed by atoms with E-state index >= 15 is 0 Å². The summed E-state index contributed by atoms with van der Waals surface area (Å²) in [6.45, 7) is 3.76. The average molecular weight is 399 g/mol. The van der Waals surface area contributed by atoms with Crippen molar-refractivity contribution < 1.29 is 28.8 Å². The summed E-state index contributed by atoms with van der Waals surface area (Å²) in [5, 5.41) is 14.6. The van der Waals surface area contributed by atoms with E-state index in [1.54, 1.807) is 38.1 Å². The molecule has 2 heterocycles. The van der Waals surface area contributed by atoms with Crippen LogP contribution in [-0.4, -0.2) is 47.7 Å². The topological polar surface area (TPSA) is 86.3 Å². The summed E-state index contributed by atoms with van der Waals surface area (Å²) in [5.41, 5.74) is -0.173. The van der Waals surface area contributed by atoms with Crippen LogP contribution in [0.15, 0.2) is 60.7 Å². The molecule has 4 atom stereocenters. The second-order valence-corrected chi connectivity index (χ2v) is 7.68. The van der Waals surface area contributed by atoms with E-state index < -0.39 is 36.0 Å². The molecule has 154 valence electrons. The third-order valence-corrected chi connectivity index (χ3v) is 5.07. The molecule has 7 heteroatoms. The van der Waals surface area contributed by atoms with Crippen molar-refractivity contribution in [3.8, 4) is 0 Å². The number of fused-ring (bicyclic) bond motifs is 1. The van der Waals surface area contributed by atoms with Crippen LogP contribution in [0.3, 0.4) is 0 Å². The van der Waals surface area contributed by atoms with Gasteiger partial charge in [0.15, 0.2) is 23.9 Å². The van der Waals surface area contributed by atoms with Gasteiger partial charge in [0, 0.05) is 6.54 Å². The lowest BCUT2D eigenvalue weighted by Crippen LogP contribution is -2.60. The SMILES string of the molecule is CC1(C)OC2[C@H](O[C@H](COC(=O)c3ccccc3)C2(O)NCc2ccccc2)O1. The largest absolute Gasteiger partial charge is 0.459 e. The van der Waals surface area contributed by atoms with Crippen LogP contribution in [0.25, 0.3) is 0 Å². The molecule has 29 heavy (non-hydrogen) atoms. The third kappa shape index (κ3) is 4.19. The highest BCUT2D eigenvalue weighted by Gasteiger charge is 2.63. The van der Waals surface area contributed by atoms with Gasteiger partial charge in [0.2, 0.25) is 0 Å². The minimum atomic E-state index is -1.59. The summed E-state index contributed by atoms with van der Waals surface area (Å²) in [6.07, 6.45) is -2.38. The summed E-state index contributed by atoms with van der Waals surface area (Å²) in [5.74, 6) is -1.37. The van der Waals surface area contributed by atoms with E-state index in [0.717, 1.165) is 5.56 Å². The molecule has 0 amide bonds. The second kappa shape index (κ2) is 7.85. The monoisotopic (exact) mass is 399 g/mol. The van der Waals surface area contributed by atoms with E-state index in [1.807, 2.05) is 36.4 Å². The first-order valence-corrected chi connectivity index (χ1v) is 9.62. The van der Waals surface area contributed by atoms with Crippen molar-refractivity contribution in [2.45, 2.75) is 50.4 Å². The van der Waals surface area contributed by atoms with E-state index in [-0.39, 0.29) is 6.61 Å².